The van der Waals surface area contributed by atoms with Crippen molar-refractivity contribution in [3.63, 3.8) is 0 Å². The Hall–Kier alpha value is -0.120. The smallest absolute Gasteiger partial charge is 0.191 e. The molecule has 2 saturated heterocycles. The lowest BCUT2D eigenvalue weighted by molar-refractivity contribution is 0.00752. The van der Waals surface area contributed by atoms with E-state index >= 15 is 0 Å². The molecule has 160 valence electrons. The van der Waals surface area contributed by atoms with Crippen molar-refractivity contribution in [1.29, 1.82) is 0 Å². The number of morpholine rings is 1. The Kier molecular flexibility index (Phi) is 12.9. The van der Waals surface area contributed by atoms with Gasteiger partial charge in [-0.25, -0.2) is 0 Å². The average Bonchev–Trinajstić information content (AvgIpc) is 2.66. The van der Waals surface area contributed by atoms with Crippen LogP contribution in [0.4, 0.5) is 0 Å². The van der Waals surface area contributed by atoms with Crippen LogP contribution in [0.25, 0.3) is 0 Å². The van der Waals surface area contributed by atoms with Crippen molar-refractivity contribution in [2.45, 2.75) is 46.1 Å². The lowest BCUT2D eigenvalue weighted by Gasteiger charge is -2.37. The minimum atomic E-state index is 0. The van der Waals surface area contributed by atoms with Crippen LogP contribution in [-0.2, 0) is 4.74 Å². The number of hydrogen-bond donors (Lipinski definition) is 2. The number of nitrogens with zero attached hydrogens (tertiary/aromatic N) is 3. The molecule has 0 spiro atoms. The largest absolute Gasteiger partial charge is 0.379 e. The first-order chi connectivity index (χ1) is 12.6. The van der Waals surface area contributed by atoms with E-state index < -0.39 is 0 Å². The van der Waals surface area contributed by atoms with Crippen molar-refractivity contribution >= 4 is 29.9 Å². The maximum atomic E-state index is 5.50. The van der Waals surface area contributed by atoms with Gasteiger partial charge in [0.05, 0.1) is 13.2 Å². The Balaban J connectivity index is 0.00000364. The summed E-state index contributed by atoms with van der Waals surface area (Å²) in [6.07, 6.45) is 4.13. The van der Waals surface area contributed by atoms with Gasteiger partial charge in [0.25, 0.3) is 0 Å². The SMILES string of the molecule is CN=C(NCC(C)CN1CCCCC1)NCC(C(C)C)N1CCOCC1.I. The molecule has 2 rings (SSSR count). The zero-order valence-electron chi connectivity index (χ0n) is 17.9. The lowest BCUT2D eigenvalue weighted by atomic mass is 10.0. The van der Waals surface area contributed by atoms with E-state index in [0.29, 0.717) is 17.9 Å². The van der Waals surface area contributed by atoms with Crippen molar-refractivity contribution < 1.29 is 4.74 Å². The van der Waals surface area contributed by atoms with Crippen LogP contribution in [0.5, 0.6) is 0 Å². The van der Waals surface area contributed by atoms with Crippen molar-refractivity contribution in [3.05, 3.63) is 0 Å². The fourth-order valence-corrected chi connectivity index (χ4v) is 4.04. The third-order valence-electron chi connectivity index (χ3n) is 5.62. The van der Waals surface area contributed by atoms with E-state index in [1.165, 1.54) is 38.9 Å². The number of rotatable bonds is 8. The van der Waals surface area contributed by atoms with Gasteiger partial charge in [-0.15, -0.1) is 24.0 Å². The summed E-state index contributed by atoms with van der Waals surface area (Å²) >= 11 is 0. The van der Waals surface area contributed by atoms with Crippen LogP contribution in [-0.4, -0.2) is 87.9 Å². The van der Waals surface area contributed by atoms with Gasteiger partial charge in [0.2, 0.25) is 0 Å². The molecular weight excluding hydrogens is 453 g/mol. The van der Waals surface area contributed by atoms with E-state index in [-0.39, 0.29) is 24.0 Å². The molecule has 7 heteroatoms. The van der Waals surface area contributed by atoms with Gasteiger partial charge in [-0.3, -0.25) is 9.89 Å². The van der Waals surface area contributed by atoms with Crippen LogP contribution in [0.1, 0.15) is 40.0 Å². The first-order valence-corrected chi connectivity index (χ1v) is 10.6. The highest BCUT2D eigenvalue weighted by Gasteiger charge is 2.24. The second-order valence-electron chi connectivity index (χ2n) is 8.26. The van der Waals surface area contributed by atoms with E-state index in [0.717, 1.165) is 45.4 Å². The molecule has 2 fully saturated rings. The maximum Gasteiger partial charge on any atom is 0.191 e. The summed E-state index contributed by atoms with van der Waals surface area (Å²) in [7, 11) is 1.86. The van der Waals surface area contributed by atoms with Crippen molar-refractivity contribution in [2.24, 2.45) is 16.8 Å². The summed E-state index contributed by atoms with van der Waals surface area (Å²) in [6.45, 7) is 16.3. The summed E-state index contributed by atoms with van der Waals surface area (Å²) in [5.74, 6) is 2.16. The van der Waals surface area contributed by atoms with Crippen LogP contribution in [0.2, 0.25) is 0 Å². The van der Waals surface area contributed by atoms with Gasteiger partial charge in [-0.2, -0.15) is 0 Å². The van der Waals surface area contributed by atoms with Gasteiger partial charge >= 0.3 is 0 Å². The van der Waals surface area contributed by atoms with Crippen molar-refractivity contribution in [3.8, 4) is 0 Å². The summed E-state index contributed by atoms with van der Waals surface area (Å²) in [4.78, 5) is 9.58. The first kappa shape index (κ1) is 24.9. The number of likely N-dealkylation sites (tertiary alicyclic amines) is 1. The second kappa shape index (κ2) is 14.0. The van der Waals surface area contributed by atoms with Crippen LogP contribution >= 0.6 is 24.0 Å². The molecule has 2 unspecified atom stereocenters. The second-order valence-corrected chi connectivity index (χ2v) is 8.26. The molecule has 2 N–H and O–H groups in total. The molecule has 2 aliphatic rings. The highest BCUT2D eigenvalue weighted by molar-refractivity contribution is 14.0. The van der Waals surface area contributed by atoms with Crippen molar-refractivity contribution in [1.82, 2.24) is 20.4 Å². The topological polar surface area (TPSA) is 52.1 Å². The molecule has 0 bridgehead atoms. The van der Waals surface area contributed by atoms with Gasteiger partial charge in [0, 0.05) is 45.8 Å². The van der Waals surface area contributed by atoms with E-state index in [1.807, 2.05) is 7.05 Å². The molecule has 0 aromatic carbocycles. The normalized spacial score (nSPS) is 22.2. The molecule has 0 amide bonds. The molecular formula is C20H42IN5O. The quantitative estimate of drug-likeness (QED) is 0.308. The highest BCUT2D eigenvalue weighted by atomic mass is 127. The number of ether oxygens (including phenoxy) is 1. The molecule has 27 heavy (non-hydrogen) atoms. The standard InChI is InChI=1S/C20H41N5O.HI/c1-17(2)19(25-10-12-26-13-11-25)15-23-20(21-4)22-14-18(3)16-24-8-6-5-7-9-24;/h17-19H,5-16H2,1-4H3,(H2,21,22,23);1H. The van der Waals surface area contributed by atoms with E-state index in [1.54, 1.807) is 0 Å². The van der Waals surface area contributed by atoms with E-state index in [2.05, 4.69) is 46.2 Å². The predicted octanol–water partition coefficient (Wildman–Crippen LogP) is 2.25. The van der Waals surface area contributed by atoms with Gasteiger partial charge in [-0.05, 0) is 37.8 Å². The zero-order chi connectivity index (χ0) is 18.8. The van der Waals surface area contributed by atoms with Crippen LogP contribution in [0.15, 0.2) is 4.99 Å². The van der Waals surface area contributed by atoms with Crippen LogP contribution in [0, 0.1) is 11.8 Å². The maximum absolute atomic E-state index is 5.50. The van der Waals surface area contributed by atoms with Gasteiger partial charge in [0.15, 0.2) is 5.96 Å². The summed E-state index contributed by atoms with van der Waals surface area (Å²) < 4.78 is 5.50. The van der Waals surface area contributed by atoms with Gasteiger partial charge in [0.1, 0.15) is 0 Å². The van der Waals surface area contributed by atoms with Gasteiger partial charge in [-0.1, -0.05) is 27.2 Å². The first-order valence-electron chi connectivity index (χ1n) is 10.6. The number of hydrogen-bond acceptors (Lipinski definition) is 4. The molecule has 0 aromatic rings. The fraction of sp³-hybridized carbons (Fsp3) is 0.950. The summed E-state index contributed by atoms with van der Waals surface area (Å²) in [6, 6.07) is 0.517. The molecule has 0 saturated carbocycles. The number of guanidine groups is 1. The Morgan fingerprint density at radius 2 is 1.59 bits per heavy atom. The molecule has 6 nitrogen and oxygen atoms in total. The minimum absolute atomic E-state index is 0. The molecule has 0 aliphatic carbocycles. The average molecular weight is 495 g/mol. The molecule has 0 radical (unpaired) electrons. The van der Waals surface area contributed by atoms with E-state index in [9.17, 15) is 0 Å². The molecule has 2 aliphatic heterocycles. The Morgan fingerprint density at radius 1 is 0.963 bits per heavy atom. The van der Waals surface area contributed by atoms with Crippen LogP contribution in [0.3, 0.4) is 0 Å². The molecule has 2 heterocycles. The molecule has 0 aromatic heterocycles. The van der Waals surface area contributed by atoms with Gasteiger partial charge < -0.3 is 20.3 Å². The van der Waals surface area contributed by atoms with Crippen LogP contribution < -0.4 is 10.6 Å². The lowest BCUT2D eigenvalue weighted by Crippen LogP contribution is -2.53. The fourth-order valence-electron chi connectivity index (χ4n) is 4.04. The summed E-state index contributed by atoms with van der Waals surface area (Å²) in [5.41, 5.74) is 0. The number of piperidine rings is 1. The number of nitrogens with one attached hydrogen (secondary N) is 2. The Morgan fingerprint density at radius 3 is 2.19 bits per heavy atom. The predicted molar refractivity (Wildman–Crippen MR) is 125 cm³/mol. The van der Waals surface area contributed by atoms with E-state index in [4.69, 9.17) is 4.74 Å². The number of aliphatic imine (C=N–C) groups is 1. The van der Waals surface area contributed by atoms with Crippen molar-refractivity contribution in [2.75, 3.05) is 66.1 Å². The molecule has 2 atom stereocenters. The Labute approximate surface area is 183 Å². The zero-order valence-corrected chi connectivity index (χ0v) is 20.2. The minimum Gasteiger partial charge on any atom is -0.379 e. The highest BCUT2D eigenvalue weighted by Crippen LogP contribution is 2.12. The third kappa shape index (κ3) is 9.28. The summed E-state index contributed by atoms with van der Waals surface area (Å²) in [5, 5.41) is 7.07. The Bertz CT molecular complexity index is 409. The third-order valence-corrected chi connectivity index (χ3v) is 5.62. The monoisotopic (exact) mass is 495 g/mol. The number of halogens is 1.